The van der Waals surface area contributed by atoms with E-state index in [0.29, 0.717) is 6.54 Å². The maximum Gasteiger partial charge on any atom is 0.255 e. The zero-order valence-corrected chi connectivity index (χ0v) is 15.2. The van der Waals surface area contributed by atoms with E-state index in [-0.39, 0.29) is 5.91 Å². The molecule has 0 spiro atoms. The van der Waals surface area contributed by atoms with E-state index in [9.17, 15) is 4.79 Å². The first-order chi connectivity index (χ1) is 11.6. The summed E-state index contributed by atoms with van der Waals surface area (Å²) in [5.41, 5.74) is 3.65. The van der Waals surface area contributed by atoms with Crippen molar-refractivity contribution in [1.29, 1.82) is 0 Å². The molecule has 0 fully saturated rings. The van der Waals surface area contributed by atoms with E-state index in [1.807, 2.05) is 35.0 Å². The van der Waals surface area contributed by atoms with Crippen LogP contribution in [0, 0.1) is 0 Å². The lowest BCUT2D eigenvalue weighted by Gasteiger charge is -2.10. The molecule has 5 heteroatoms. The second-order valence-corrected chi connectivity index (χ2v) is 6.33. The number of aromatic nitrogens is 2. The van der Waals surface area contributed by atoms with Crippen LogP contribution >= 0.6 is 0 Å². The van der Waals surface area contributed by atoms with Gasteiger partial charge in [-0.3, -0.25) is 4.79 Å². The van der Waals surface area contributed by atoms with Crippen LogP contribution in [0.4, 0.5) is 0 Å². The van der Waals surface area contributed by atoms with E-state index in [2.05, 4.69) is 33.3 Å². The lowest BCUT2D eigenvalue weighted by Crippen LogP contribution is -3.06. The highest BCUT2D eigenvalue weighted by molar-refractivity contribution is 5.96. The number of carbonyl (C=O) groups excluding carboxylic acids is 1. The molecule has 0 atom stereocenters. The predicted octanol–water partition coefficient (Wildman–Crippen LogP) is 1.26. The summed E-state index contributed by atoms with van der Waals surface area (Å²) in [6, 6.07) is 10.0. The van der Waals surface area contributed by atoms with E-state index < -0.39 is 0 Å². The quantitative estimate of drug-likeness (QED) is 0.766. The van der Waals surface area contributed by atoms with Crippen molar-refractivity contribution in [2.75, 3.05) is 27.2 Å². The Bertz CT molecular complexity index is 662. The molecule has 24 heavy (non-hydrogen) atoms. The number of hydrogen-bond acceptors (Lipinski definition) is 2. The summed E-state index contributed by atoms with van der Waals surface area (Å²) >= 11 is 0. The Morgan fingerprint density at radius 1 is 1.21 bits per heavy atom. The number of carbonyl (C=O) groups is 1. The molecule has 2 aromatic rings. The standard InChI is InChI=1S/C19H28N4O/c1-5-10-16-18(19(24)20-13-14-22(3)4)17(6-2)23(21-16)15-11-8-7-9-12-15/h7-9,11-12H,5-6,10,13-14H2,1-4H3,(H,20,24)/p+1. The third-order valence-corrected chi connectivity index (χ3v) is 4.01. The lowest BCUT2D eigenvalue weighted by atomic mass is 10.1. The molecule has 5 nitrogen and oxygen atoms in total. The van der Waals surface area contributed by atoms with Crippen molar-refractivity contribution >= 4 is 5.91 Å². The third kappa shape index (κ3) is 4.23. The normalized spacial score (nSPS) is 11.0. The van der Waals surface area contributed by atoms with Crippen molar-refractivity contribution in [2.24, 2.45) is 0 Å². The first-order valence-corrected chi connectivity index (χ1v) is 8.81. The predicted molar refractivity (Wildman–Crippen MR) is 96.9 cm³/mol. The second kappa shape index (κ2) is 8.64. The van der Waals surface area contributed by atoms with Gasteiger partial charge in [-0.25, -0.2) is 4.68 Å². The maximum atomic E-state index is 12.8. The maximum absolute atomic E-state index is 12.8. The first kappa shape index (κ1) is 18.2. The van der Waals surface area contributed by atoms with Crippen LogP contribution in [0.1, 0.15) is 42.0 Å². The van der Waals surface area contributed by atoms with Crippen LogP contribution in [0.25, 0.3) is 5.69 Å². The van der Waals surface area contributed by atoms with Gasteiger partial charge in [-0.15, -0.1) is 0 Å². The molecule has 0 aliphatic heterocycles. The molecule has 1 amide bonds. The molecule has 1 aromatic carbocycles. The molecule has 2 N–H and O–H groups in total. The second-order valence-electron chi connectivity index (χ2n) is 6.33. The number of aryl methyl sites for hydroxylation is 1. The van der Waals surface area contributed by atoms with Gasteiger partial charge in [0.15, 0.2) is 0 Å². The number of likely N-dealkylation sites (N-methyl/N-ethyl adjacent to an activating group) is 1. The minimum Gasteiger partial charge on any atom is -0.346 e. The lowest BCUT2D eigenvalue weighted by molar-refractivity contribution is -0.856. The molecular weight excluding hydrogens is 300 g/mol. The number of nitrogens with zero attached hydrogens (tertiary/aromatic N) is 2. The Balaban J connectivity index is 2.37. The number of hydrogen-bond donors (Lipinski definition) is 2. The number of rotatable bonds is 8. The van der Waals surface area contributed by atoms with Crippen LogP contribution in [-0.2, 0) is 12.8 Å². The fraction of sp³-hybridized carbons (Fsp3) is 0.474. The zero-order chi connectivity index (χ0) is 17.5. The van der Waals surface area contributed by atoms with Gasteiger partial charge in [-0.05, 0) is 25.0 Å². The summed E-state index contributed by atoms with van der Waals surface area (Å²) < 4.78 is 1.93. The number of benzene rings is 1. The van der Waals surface area contributed by atoms with Gasteiger partial charge in [0.05, 0.1) is 49.8 Å². The topological polar surface area (TPSA) is 51.4 Å². The molecule has 0 saturated carbocycles. The highest BCUT2D eigenvalue weighted by Crippen LogP contribution is 2.21. The summed E-state index contributed by atoms with van der Waals surface area (Å²) in [6.07, 6.45) is 2.55. The molecule has 0 bridgehead atoms. The van der Waals surface area contributed by atoms with Crippen molar-refractivity contribution in [3.05, 3.63) is 47.3 Å². The number of amides is 1. The fourth-order valence-corrected chi connectivity index (χ4v) is 2.80. The van der Waals surface area contributed by atoms with Crippen LogP contribution in [-0.4, -0.2) is 42.9 Å². The SMILES string of the molecule is CCCc1nn(-c2ccccc2)c(CC)c1C(=O)NCC[NH+](C)C. The van der Waals surface area contributed by atoms with Crippen molar-refractivity contribution < 1.29 is 9.69 Å². The van der Waals surface area contributed by atoms with Gasteiger partial charge in [0.1, 0.15) is 0 Å². The molecule has 1 heterocycles. The summed E-state index contributed by atoms with van der Waals surface area (Å²) in [7, 11) is 4.17. The third-order valence-electron chi connectivity index (χ3n) is 4.01. The van der Waals surface area contributed by atoms with Crippen LogP contribution < -0.4 is 10.2 Å². The minimum absolute atomic E-state index is 0.00117. The van der Waals surface area contributed by atoms with Crippen molar-refractivity contribution in [3.63, 3.8) is 0 Å². The van der Waals surface area contributed by atoms with Gasteiger partial charge in [0.2, 0.25) is 0 Å². The van der Waals surface area contributed by atoms with Crippen molar-refractivity contribution in [3.8, 4) is 5.69 Å². The fourth-order valence-electron chi connectivity index (χ4n) is 2.80. The highest BCUT2D eigenvalue weighted by Gasteiger charge is 2.22. The van der Waals surface area contributed by atoms with Gasteiger partial charge in [-0.1, -0.05) is 38.5 Å². The highest BCUT2D eigenvalue weighted by atomic mass is 16.1. The van der Waals surface area contributed by atoms with Crippen LogP contribution in [0.3, 0.4) is 0 Å². The number of para-hydroxylation sites is 1. The molecule has 0 aliphatic carbocycles. The van der Waals surface area contributed by atoms with Crippen molar-refractivity contribution in [1.82, 2.24) is 15.1 Å². The summed E-state index contributed by atoms with van der Waals surface area (Å²) in [5.74, 6) is -0.00117. The average Bonchev–Trinajstić information content (AvgIpc) is 2.94. The van der Waals surface area contributed by atoms with Crippen molar-refractivity contribution in [2.45, 2.75) is 33.1 Å². The molecule has 0 aliphatic rings. The van der Waals surface area contributed by atoms with Crippen LogP contribution in [0.2, 0.25) is 0 Å². The van der Waals surface area contributed by atoms with E-state index >= 15 is 0 Å². The molecule has 0 saturated heterocycles. The Morgan fingerprint density at radius 2 is 1.92 bits per heavy atom. The Kier molecular flexibility index (Phi) is 6.55. The summed E-state index contributed by atoms with van der Waals surface area (Å²) in [5, 5.41) is 7.81. The minimum atomic E-state index is -0.00117. The molecule has 0 unspecified atom stereocenters. The summed E-state index contributed by atoms with van der Waals surface area (Å²) in [6.45, 7) is 5.77. The van der Waals surface area contributed by atoms with Crippen LogP contribution in [0.15, 0.2) is 30.3 Å². The molecular formula is C19H29N4O+. The Hall–Kier alpha value is -2.14. The van der Waals surface area contributed by atoms with Gasteiger partial charge in [0.25, 0.3) is 5.91 Å². The van der Waals surface area contributed by atoms with E-state index in [0.717, 1.165) is 48.4 Å². The number of nitrogens with one attached hydrogen (secondary N) is 2. The Labute approximate surface area is 144 Å². The monoisotopic (exact) mass is 329 g/mol. The average molecular weight is 329 g/mol. The van der Waals surface area contributed by atoms with E-state index in [4.69, 9.17) is 5.10 Å². The van der Waals surface area contributed by atoms with E-state index in [1.54, 1.807) is 0 Å². The first-order valence-electron chi connectivity index (χ1n) is 8.81. The van der Waals surface area contributed by atoms with Gasteiger partial charge < -0.3 is 10.2 Å². The zero-order valence-electron chi connectivity index (χ0n) is 15.2. The Morgan fingerprint density at radius 3 is 2.50 bits per heavy atom. The number of quaternary nitrogens is 1. The molecule has 1 aromatic heterocycles. The molecule has 130 valence electrons. The van der Waals surface area contributed by atoms with Crippen LogP contribution in [0.5, 0.6) is 0 Å². The van der Waals surface area contributed by atoms with E-state index in [1.165, 1.54) is 4.90 Å². The largest absolute Gasteiger partial charge is 0.346 e. The van der Waals surface area contributed by atoms with Gasteiger partial charge in [0, 0.05) is 0 Å². The van der Waals surface area contributed by atoms with Gasteiger partial charge >= 0.3 is 0 Å². The molecule has 0 radical (unpaired) electrons. The summed E-state index contributed by atoms with van der Waals surface area (Å²) in [4.78, 5) is 14.1. The smallest absolute Gasteiger partial charge is 0.255 e. The van der Waals surface area contributed by atoms with Gasteiger partial charge in [-0.2, -0.15) is 5.10 Å². The molecule has 2 rings (SSSR count).